The first-order valence-corrected chi connectivity index (χ1v) is 5.88. The second kappa shape index (κ2) is 9.09. The maximum absolute atomic E-state index is 5.53. The van der Waals surface area contributed by atoms with Crippen LogP contribution >= 0.6 is 0 Å². The van der Waals surface area contributed by atoms with Crippen molar-refractivity contribution < 1.29 is 9.47 Å². The normalized spacial score (nSPS) is 15.6. The van der Waals surface area contributed by atoms with Crippen LogP contribution in [0.4, 0.5) is 0 Å². The second-order valence-corrected chi connectivity index (χ2v) is 3.80. The van der Waals surface area contributed by atoms with Crippen LogP contribution in [0.15, 0.2) is 0 Å². The molecular weight excluding hydrogens is 192 g/mol. The molecule has 0 saturated carbocycles. The Balaban J connectivity index is 4.16. The molecule has 2 unspecified atom stereocenters. The largest absolute Gasteiger partial charge is 0.351 e. The lowest BCUT2D eigenvalue weighted by atomic mass is 9.99. The average Bonchev–Trinajstić information content (AvgIpc) is 2.25. The molecule has 0 bridgehead atoms. The van der Waals surface area contributed by atoms with Gasteiger partial charge in [-0.15, -0.1) is 0 Å². The van der Waals surface area contributed by atoms with Gasteiger partial charge in [0.05, 0.1) is 6.04 Å². The minimum absolute atomic E-state index is 0.0693. The average molecular weight is 218 g/mol. The quantitative estimate of drug-likeness (QED) is 0.351. The van der Waals surface area contributed by atoms with Crippen LogP contribution in [0.25, 0.3) is 0 Å². The highest BCUT2D eigenvalue weighted by Gasteiger charge is 2.22. The van der Waals surface area contributed by atoms with Crippen LogP contribution in [0.2, 0.25) is 0 Å². The number of hydrazine groups is 1. The highest BCUT2D eigenvalue weighted by atomic mass is 16.7. The molecule has 4 heteroatoms. The predicted molar refractivity (Wildman–Crippen MR) is 62.2 cm³/mol. The molecule has 0 amide bonds. The zero-order valence-electron chi connectivity index (χ0n) is 10.5. The summed E-state index contributed by atoms with van der Waals surface area (Å²) in [7, 11) is 0. The van der Waals surface area contributed by atoms with Crippen LogP contribution in [0.1, 0.15) is 40.5 Å². The van der Waals surface area contributed by atoms with Gasteiger partial charge in [0.25, 0.3) is 0 Å². The fourth-order valence-electron chi connectivity index (χ4n) is 1.47. The van der Waals surface area contributed by atoms with Crippen LogP contribution in [-0.2, 0) is 9.47 Å². The van der Waals surface area contributed by atoms with Gasteiger partial charge in [0.15, 0.2) is 6.29 Å². The third-order valence-electron chi connectivity index (χ3n) is 2.56. The standard InChI is InChI=1S/C11H26N2O2/c1-5-9(4)8-10(13-12)11(14-6-2)15-7-3/h9-11,13H,5-8,12H2,1-4H3. The van der Waals surface area contributed by atoms with E-state index in [4.69, 9.17) is 15.3 Å². The Kier molecular flexibility index (Phi) is 9.00. The monoisotopic (exact) mass is 218 g/mol. The lowest BCUT2D eigenvalue weighted by molar-refractivity contribution is -0.156. The van der Waals surface area contributed by atoms with Crippen molar-refractivity contribution in [3.8, 4) is 0 Å². The van der Waals surface area contributed by atoms with E-state index < -0.39 is 0 Å². The van der Waals surface area contributed by atoms with E-state index in [0.29, 0.717) is 19.1 Å². The SMILES string of the molecule is CCOC(OCC)C(CC(C)CC)NN. The molecule has 0 aliphatic heterocycles. The number of hydrogen-bond acceptors (Lipinski definition) is 4. The third kappa shape index (κ3) is 6.10. The minimum Gasteiger partial charge on any atom is -0.351 e. The van der Waals surface area contributed by atoms with Gasteiger partial charge >= 0.3 is 0 Å². The van der Waals surface area contributed by atoms with Crippen molar-refractivity contribution in [3.05, 3.63) is 0 Å². The number of hydrogen-bond donors (Lipinski definition) is 2. The van der Waals surface area contributed by atoms with E-state index >= 15 is 0 Å². The van der Waals surface area contributed by atoms with Crippen LogP contribution in [-0.4, -0.2) is 25.5 Å². The van der Waals surface area contributed by atoms with Crippen molar-refractivity contribution in [2.45, 2.75) is 52.9 Å². The third-order valence-corrected chi connectivity index (χ3v) is 2.56. The summed E-state index contributed by atoms with van der Waals surface area (Å²) < 4.78 is 11.0. The van der Waals surface area contributed by atoms with Crippen LogP contribution in [0, 0.1) is 5.92 Å². The van der Waals surface area contributed by atoms with Gasteiger partial charge in [-0.2, -0.15) is 0 Å². The summed E-state index contributed by atoms with van der Waals surface area (Å²) in [6.07, 6.45) is 1.87. The van der Waals surface area contributed by atoms with Crippen molar-refractivity contribution in [2.24, 2.45) is 11.8 Å². The molecule has 92 valence electrons. The predicted octanol–water partition coefficient (Wildman–Crippen LogP) is 1.65. The molecule has 0 radical (unpaired) electrons. The first-order valence-electron chi connectivity index (χ1n) is 5.88. The number of rotatable bonds is 9. The second-order valence-electron chi connectivity index (χ2n) is 3.80. The summed E-state index contributed by atoms with van der Waals surface area (Å²) in [5.74, 6) is 6.15. The Morgan fingerprint density at radius 3 is 2.00 bits per heavy atom. The molecule has 0 heterocycles. The molecule has 0 spiro atoms. The van der Waals surface area contributed by atoms with Gasteiger partial charge in [-0.05, 0) is 26.2 Å². The first kappa shape index (κ1) is 14.8. The number of ether oxygens (including phenoxy) is 2. The molecule has 15 heavy (non-hydrogen) atoms. The summed E-state index contributed by atoms with van der Waals surface area (Å²) in [6.45, 7) is 9.59. The highest BCUT2D eigenvalue weighted by Crippen LogP contribution is 2.14. The molecule has 0 saturated heterocycles. The number of nitrogens with two attached hydrogens (primary N) is 1. The van der Waals surface area contributed by atoms with Gasteiger partial charge in [-0.3, -0.25) is 11.3 Å². The topological polar surface area (TPSA) is 56.5 Å². The molecule has 0 aromatic heterocycles. The van der Waals surface area contributed by atoms with E-state index in [0.717, 1.165) is 12.8 Å². The molecule has 0 rings (SSSR count). The first-order chi connectivity index (χ1) is 7.19. The van der Waals surface area contributed by atoms with Gasteiger partial charge in [0, 0.05) is 13.2 Å². The maximum Gasteiger partial charge on any atom is 0.173 e. The van der Waals surface area contributed by atoms with Crippen molar-refractivity contribution in [1.29, 1.82) is 0 Å². The number of nitrogens with one attached hydrogen (secondary N) is 1. The van der Waals surface area contributed by atoms with E-state index in [-0.39, 0.29) is 12.3 Å². The van der Waals surface area contributed by atoms with E-state index in [1.165, 1.54) is 0 Å². The Hall–Kier alpha value is -0.160. The lowest BCUT2D eigenvalue weighted by Gasteiger charge is -2.27. The summed E-state index contributed by atoms with van der Waals surface area (Å²) in [5, 5.41) is 0. The van der Waals surface area contributed by atoms with E-state index in [2.05, 4.69) is 19.3 Å². The van der Waals surface area contributed by atoms with Crippen molar-refractivity contribution in [2.75, 3.05) is 13.2 Å². The molecular formula is C11H26N2O2. The van der Waals surface area contributed by atoms with Gasteiger partial charge in [-0.25, -0.2) is 0 Å². The summed E-state index contributed by atoms with van der Waals surface area (Å²) in [6, 6.07) is 0.0693. The molecule has 0 aromatic carbocycles. The zero-order chi connectivity index (χ0) is 11.7. The van der Waals surface area contributed by atoms with E-state index in [1.807, 2.05) is 13.8 Å². The van der Waals surface area contributed by atoms with E-state index in [9.17, 15) is 0 Å². The minimum atomic E-state index is -0.237. The zero-order valence-corrected chi connectivity index (χ0v) is 10.5. The summed E-state index contributed by atoms with van der Waals surface area (Å²) >= 11 is 0. The Bertz CT molecular complexity index is 139. The lowest BCUT2D eigenvalue weighted by Crippen LogP contribution is -2.47. The van der Waals surface area contributed by atoms with Gasteiger partial charge < -0.3 is 9.47 Å². The molecule has 2 atom stereocenters. The van der Waals surface area contributed by atoms with Crippen LogP contribution in [0.5, 0.6) is 0 Å². The molecule has 0 fully saturated rings. The maximum atomic E-state index is 5.53. The van der Waals surface area contributed by atoms with Crippen molar-refractivity contribution in [1.82, 2.24) is 5.43 Å². The summed E-state index contributed by atoms with van der Waals surface area (Å²) in [5.41, 5.74) is 2.79. The Morgan fingerprint density at radius 1 is 1.13 bits per heavy atom. The van der Waals surface area contributed by atoms with Crippen LogP contribution < -0.4 is 11.3 Å². The van der Waals surface area contributed by atoms with E-state index in [1.54, 1.807) is 0 Å². The van der Waals surface area contributed by atoms with Gasteiger partial charge in [0.2, 0.25) is 0 Å². The fourth-order valence-corrected chi connectivity index (χ4v) is 1.47. The highest BCUT2D eigenvalue weighted by molar-refractivity contribution is 4.71. The molecule has 0 aliphatic rings. The van der Waals surface area contributed by atoms with Crippen molar-refractivity contribution in [3.63, 3.8) is 0 Å². The Morgan fingerprint density at radius 2 is 1.67 bits per heavy atom. The Labute approximate surface area is 93.5 Å². The fraction of sp³-hybridized carbons (Fsp3) is 1.00. The molecule has 0 aromatic rings. The molecule has 4 nitrogen and oxygen atoms in total. The molecule has 0 aliphatic carbocycles. The van der Waals surface area contributed by atoms with Gasteiger partial charge in [0.1, 0.15) is 0 Å². The van der Waals surface area contributed by atoms with Crippen molar-refractivity contribution >= 4 is 0 Å². The molecule has 3 N–H and O–H groups in total. The smallest absolute Gasteiger partial charge is 0.173 e. The summed E-state index contributed by atoms with van der Waals surface area (Å²) in [4.78, 5) is 0. The van der Waals surface area contributed by atoms with Gasteiger partial charge in [-0.1, -0.05) is 20.3 Å². The van der Waals surface area contributed by atoms with Crippen LogP contribution in [0.3, 0.4) is 0 Å².